The Morgan fingerprint density at radius 3 is 2.36 bits per heavy atom. The van der Waals surface area contributed by atoms with E-state index in [-0.39, 0.29) is 17.9 Å². The van der Waals surface area contributed by atoms with Gasteiger partial charge in [0, 0.05) is 25.1 Å². The first-order valence-electron chi connectivity index (χ1n) is 9.45. The van der Waals surface area contributed by atoms with Crippen LogP contribution in [-0.2, 0) is 32.6 Å². The molecule has 0 atom stereocenters. The zero-order chi connectivity index (χ0) is 20.0. The van der Waals surface area contributed by atoms with E-state index in [1.54, 1.807) is 42.5 Å². The van der Waals surface area contributed by atoms with Gasteiger partial charge in [0.2, 0.25) is 10.0 Å². The van der Waals surface area contributed by atoms with Crippen LogP contribution in [0.15, 0.2) is 53.4 Å². The van der Waals surface area contributed by atoms with Crippen LogP contribution in [0.4, 0.5) is 4.39 Å². The van der Waals surface area contributed by atoms with Crippen LogP contribution < -0.4 is 0 Å². The lowest BCUT2D eigenvalue weighted by Gasteiger charge is -2.25. The summed E-state index contributed by atoms with van der Waals surface area (Å²) >= 11 is 0. The van der Waals surface area contributed by atoms with Gasteiger partial charge in [-0.3, -0.25) is 4.79 Å². The fraction of sp³-hybridized carbons (Fsp3) is 0.381. The number of hydrogen-bond donors (Lipinski definition) is 0. The van der Waals surface area contributed by atoms with Crippen molar-refractivity contribution in [2.75, 3.05) is 13.1 Å². The molecule has 1 aliphatic heterocycles. The molecule has 2 aromatic rings. The number of sulfonamides is 1. The molecule has 0 radical (unpaired) electrons. The van der Waals surface area contributed by atoms with Crippen molar-refractivity contribution >= 4 is 16.0 Å². The first-order chi connectivity index (χ1) is 13.5. The number of esters is 1. The summed E-state index contributed by atoms with van der Waals surface area (Å²) in [5, 5.41) is 0. The Hall–Kier alpha value is -2.25. The Bertz CT molecular complexity index is 906. The lowest BCUT2D eigenvalue weighted by Crippen LogP contribution is -2.35. The highest BCUT2D eigenvalue weighted by atomic mass is 32.2. The molecular formula is C21H24FNO4S. The molecular weight excluding hydrogens is 381 g/mol. The predicted molar refractivity (Wildman–Crippen MR) is 104 cm³/mol. The maximum Gasteiger partial charge on any atom is 0.306 e. The maximum absolute atomic E-state index is 13.5. The van der Waals surface area contributed by atoms with Gasteiger partial charge in [0.25, 0.3) is 0 Å². The van der Waals surface area contributed by atoms with E-state index in [9.17, 15) is 17.6 Å². The number of halogens is 1. The minimum atomic E-state index is -3.45. The molecule has 1 saturated heterocycles. The van der Waals surface area contributed by atoms with Gasteiger partial charge in [0.05, 0.1) is 4.90 Å². The number of hydrogen-bond acceptors (Lipinski definition) is 4. The van der Waals surface area contributed by atoms with E-state index >= 15 is 0 Å². The van der Waals surface area contributed by atoms with E-state index in [1.807, 2.05) is 0 Å². The van der Waals surface area contributed by atoms with Crippen molar-refractivity contribution in [3.05, 3.63) is 65.5 Å². The van der Waals surface area contributed by atoms with Gasteiger partial charge < -0.3 is 4.74 Å². The summed E-state index contributed by atoms with van der Waals surface area (Å²) in [4.78, 5) is 12.2. The monoisotopic (exact) mass is 405 g/mol. The van der Waals surface area contributed by atoms with Crippen LogP contribution in [0.2, 0.25) is 0 Å². The molecule has 5 nitrogen and oxygen atoms in total. The van der Waals surface area contributed by atoms with Crippen molar-refractivity contribution in [2.24, 2.45) is 0 Å². The van der Waals surface area contributed by atoms with Gasteiger partial charge in [0.1, 0.15) is 12.4 Å². The molecule has 0 unspecified atom stereocenters. The number of nitrogens with zero attached hydrogens (tertiary/aromatic N) is 1. The quantitative estimate of drug-likeness (QED) is 0.660. The fourth-order valence-electron chi connectivity index (χ4n) is 3.17. The van der Waals surface area contributed by atoms with Crippen LogP contribution in [0.1, 0.15) is 36.8 Å². The molecule has 1 aliphatic rings. The topological polar surface area (TPSA) is 63.7 Å². The summed E-state index contributed by atoms with van der Waals surface area (Å²) in [6, 6.07) is 12.8. The molecule has 0 aromatic heterocycles. The Morgan fingerprint density at radius 2 is 1.68 bits per heavy atom. The van der Waals surface area contributed by atoms with Gasteiger partial charge >= 0.3 is 5.97 Å². The number of aryl methyl sites for hydroxylation is 1. The lowest BCUT2D eigenvalue weighted by atomic mass is 10.1. The van der Waals surface area contributed by atoms with Gasteiger partial charge in [-0.2, -0.15) is 4.31 Å². The van der Waals surface area contributed by atoms with Gasteiger partial charge in [-0.25, -0.2) is 12.8 Å². The summed E-state index contributed by atoms with van der Waals surface area (Å²) in [6.07, 6.45) is 3.43. The Balaban J connectivity index is 1.51. The number of rotatable bonds is 7. The smallest absolute Gasteiger partial charge is 0.306 e. The summed E-state index contributed by atoms with van der Waals surface area (Å²) in [6.45, 7) is 1.04. The maximum atomic E-state index is 13.5. The van der Waals surface area contributed by atoms with Crippen LogP contribution in [0.5, 0.6) is 0 Å². The van der Waals surface area contributed by atoms with Crippen molar-refractivity contribution in [3.8, 4) is 0 Å². The summed E-state index contributed by atoms with van der Waals surface area (Å²) in [7, 11) is -3.45. The average molecular weight is 405 g/mol. The molecule has 0 amide bonds. The first-order valence-corrected chi connectivity index (χ1v) is 10.9. The molecule has 150 valence electrons. The van der Waals surface area contributed by atoms with Crippen LogP contribution in [-0.4, -0.2) is 31.8 Å². The summed E-state index contributed by atoms with van der Waals surface area (Å²) < 4.78 is 45.4. The summed E-state index contributed by atoms with van der Waals surface area (Å²) in [5.41, 5.74) is 1.18. The molecule has 7 heteroatoms. The fourth-order valence-corrected chi connectivity index (χ4v) is 4.69. The first kappa shape index (κ1) is 20.5. The Kier molecular flexibility index (Phi) is 6.80. The van der Waals surface area contributed by atoms with Crippen molar-refractivity contribution in [1.29, 1.82) is 0 Å². The molecule has 2 aromatic carbocycles. The standard InChI is InChI=1S/C21H24FNO4S/c22-20-7-3-2-6-18(20)16-27-21(24)13-10-17-8-11-19(12-9-17)28(25,26)23-14-4-1-5-15-23/h2-3,6-9,11-12H,1,4-5,10,13-16H2. The third kappa shape index (κ3) is 5.17. The highest BCUT2D eigenvalue weighted by molar-refractivity contribution is 7.89. The number of piperidine rings is 1. The number of benzene rings is 2. The lowest BCUT2D eigenvalue weighted by molar-refractivity contribution is -0.144. The second-order valence-corrected chi connectivity index (χ2v) is 8.80. The summed E-state index contributed by atoms with van der Waals surface area (Å²) in [5.74, 6) is -0.825. The zero-order valence-electron chi connectivity index (χ0n) is 15.6. The van der Waals surface area contributed by atoms with E-state index in [4.69, 9.17) is 4.74 Å². The zero-order valence-corrected chi connectivity index (χ0v) is 16.5. The predicted octanol–water partition coefficient (Wildman–Crippen LogP) is 3.68. The minimum absolute atomic E-state index is 0.0987. The van der Waals surface area contributed by atoms with E-state index in [1.165, 1.54) is 10.4 Å². The van der Waals surface area contributed by atoms with E-state index in [0.717, 1.165) is 24.8 Å². The SMILES string of the molecule is O=C(CCc1ccc(S(=O)(=O)N2CCCCC2)cc1)OCc1ccccc1F. The van der Waals surface area contributed by atoms with E-state index < -0.39 is 21.8 Å². The Labute approximate surface area is 165 Å². The van der Waals surface area contributed by atoms with Crippen LogP contribution in [0, 0.1) is 5.82 Å². The average Bonchev–Trinajstić information content (AvgIpc) is 2.72. The molecule has 1 fully saturated rings. The Morgan fingerprint density at radius 1 is 1.00 bits per heavy atom. The van der Waals surface area contributed by atoms with E-state index in [0.29, 0.717) is 25.1 Å². The van der Waals surface area contributed by atoms with Crippen LogP contribution in [0.3, 0.4) is 0 Å². The molecule has 0 bridgehead atoms. The van der Waals surface area contributed by atoms with Gasteiger partial charge in [-0.1, -0.05) is 36.8 Å². The molecule has 3 rings (SSSR count). The van der Waals surface area contributed by atoms with Gasteiger partial charge in [-0.05, 0) is 43.0 Å². The highest BCUT2D eigenvalue weighted by Crippen LogP contribution is 2.21. The van der Waals surface area contributed by atoms with Crippen molar-refractivity contribution < 1.29 is 22.3 Å². The van der Waals surface area contributed by atoms with Crippen molar-refractivity contribution in [2.45, 2.75) is 43.6 Å². The molecule has 0 spiro atoms. The van der Waals surface area contributed by atoms with Crippen molar-refractivity contribution in [3.63, 3.8) is 0 Å². The normalized spacial score (nSPS) is 15.3. The minimum Gasteiger partial charge on any atom is -0.461 e. The second kappa shape index (κ2) is 9.30. The molecule has 0 N–H and O–H groups in total. The largest absolute Gasteiger partial charge is 0.461 e. The van der Waals surface area contributed by atoms with Crippen LogP contribution in [0.25, 0.3) is 0 Å². The van der Waals surface area contributed by atoms with Crippen molar-refractivity contribution in [1.82, 2.24) is 4.31 Å². The molecule has 28 heavy (non-hydrogen) atoms. The third-order valence-corrected chi connectivity index (χ3v) is 6.75. The van der Waals surface area contributed by atoms with Gasteiger partial charge in [0.15, 0.2) is 0 Å². The highest BCUT2D eigenvalue weighted by Gasteiger charge is 2.25. The number of ether oxygens (including phenoxy) is 1. The van der Waals surface area contributed by atoms with Gasteiger partial charge in [-0.15, -0.1) is 0 Å². The second-order valence-electron chi connectivity index (χ2n) is 6.86. The molecule has 1 heterocycles. The van der Waals surface area contributed by atoms with Crippen LogP contribution >= 0.6 is 0 Å². The third-order valence-electron chi connectivity index (χ3n) is 4.84. The molecule has 0 saturated carbocycles. The number of carbonyl (C=O) groups excluding carboxylic acids is 1. The number of carbonyl (C=O) groups is 1. The molecule has 0 aliphatic carbocycles. The van der Waals surface area contributed by atoms with E-state index in [2.05, 4.69) is 0 Å².